The van der Waals surface area contributed by atoms with Gasteiger partial charge in [-0.05, 0) is 23.7 Å². The predicted octanol–water partition coefficient (Wildman–Crippen LogP) is 1.77. The van der Waals surface area contributed by atoms with Gasteiger partial charge in [0.15, 0.2) is 0 Å². The van der Waals surface area contributed by atoms with Gasteiger partial charge in [0.05, 0.1) is 11.7 Å². The molecule has 5 nitrogen and oxygen atoms in total. The molecule has 4 aromatic rings. The van der Waals surface area contributed by atoms with Crippen molar-refractivity contribution < 1.29 is 10.0 Å². The zero-order valence-electron chi connectivity index (χ0n) is 12.7. The van der Waals surface area contributed by atoms with Gasteiger partial charge in [0.1, 0.15) is 11.3 Å². The molecule has 116 valence electrons. The smallest absolute Gasteiger partial charge is 0.423 e. The molecule has 0 unspecified atom stereocenters. The first-order valence-corrected chi connectivity index (χ1v) is 7.58. The van der Waals surface area contributed by atoms with Crippen molar-refractivity contribution in [1.29, 1.82) is 0 Å². The molecule has 0 amide bonds. The molecule has 0 aliphatic heterocycles. The lowest BCUT2D eigenvalue weighted by molar-refractivity contribution is 0.426. The summed E-state index contributed by atoms with van der Waals surface area (Å²) in [5.74, 6) is 0.816. The van der Waals surface area contributed by atoms with E-state index in [4.69, 9.17) is 4.98 Å². The van der Waals surface area contributed by atoms with E-state index in [0.29, 0.717) is 5.46 Å². The molecule has 0 fully saturated rings. The standard InChI is InChI=1S/C18H14BN3O2/c23-19(24)14-6-8-15(9-7-14)22-17-10-11-20-12-16(17)21-18(22)13-4-2-1-3-5-13/h1-12,23-24H. The molecule has 0 radical (unpaired) electrons. The number of benzene rings is 2. The predicted molar refractivity (Wildman–Crippen MR) is 94.1 cm³/mol. The van der Waals surface area contributed by atoms with Gasteiger partial charge in [-0.25, -0.2) is 4.98 Å². The van der Waals surface area contributed by atoms with Crippen LogP contribution in [0.2, 0.25) is 0 Å². The molecule has 0 bridgehead atoms. The Morgan fingerprint density at radius 3 is 2.33 bits per heavy atom. The number of rotatable bonds is 3. The molecule has 24 heavy (non-hydrogen) atoms. The molecule has 2 aromatic carbocycles. The highest BCUT2D eigenvalue weighted by Crippen LogP contribution is 2.27. The molecule has 0 aliphatic rings. The van der Waals surface area contributed by atoms with Crippen molar-refractivity contribution in [3.05, 3.63) is 73.1 Å². The van der Waals surface area contributed by atoms with Crippen LogP contribution in [0.3, 0.4) is 0 Å². The fourth-order valence-electron chi connectivity index (χ4n) is 2.77. The van der Waals surface area contributed by atoms with Gasteiger partial charge >= 0.3 is 7.12 Å². The van der Waals surface area contributed by atoms with E-state index in [2.05, 4.69) is 4.98 Å². The van der Waals surface area contributed by atoms with Gasteiger partial charge in [-0.2, -0.15) is 0 Å². The van der Waals surface area contributed by atoms with Crippen LogP contribution in [0.4, 0.5) is 0 Å². The number of nitrogens with zero attached hydrogens (tertiary/aromatic N) is 3. The minimum absolute atomic E-state index is 0.450. The van der Waals surface area contributed by atoms with Crippen LogP contribution in [0.25, 0.3) is 28.1 Å². The van der Waals surface area contributed by atoms with E-state index in [0.717, 1.165) is 28.1 Å². The van der Waals surface area contributed by atoms with Gasteiger partial charge in [0.2, 0.25) is 0 Å². The van der Waals surface area contributed by atoms with E-state index >= 15 is 0 Å². The fraction of sp³-hybridized carbons (Fsp3) is 0. The number of aromatic nitrogens is 3. The molecule has 0 atom stereocenters. The van der Waals surface area contributed by atoms with Crippen LogP contribution < -0.4 is 5.46 Å². The zero-order chi connectivity index (χ0) is 16.5. The van der Waals surface area contributed by atoms with E-state index < -0.39 is 7.12 Å². The highest BCUT2D eigenvalue weighted by molar-refractivity contribution is 6.58. The van der Waals surface area contributed by atoms with Gasteiger partial charge in [-0.1, -0.05) is 42.5 Å². The Balaban J connectivity index is 1.96. The van der Waals surface area contributed by atoms with Crippen LogP contribution in [-0.4, -0.2) is 31.7 Å². The monoisotopic (exact) mass is 315 g/mol. The van der Waals surface area contributed by atoms with Crippen molar-refractivity contribution >= 4 is 23.6 Å². The Morgan fingerprint density at radius 1 is 0.875 bits per heavy atom. The molecular weight excluding hydrogens is 301 g/mol. The SMILES string of the molecule is OB(O)c1ccc(-n2c(-c3ccccc3)nc3cnccc32)cc1. The van der Waals surface area contributed by atoms with Gasteiger partial charge in [0, 0.05) is 17.4 Å². The molecule has 2 aromatic heterocycles. The molecule has 4 rings (SSSR count). The number of hydrogen-bond acceptors (Lipinski definition) is 4. The summed E-state index contributed by atoms with van der Waals surface area (Å²) in [5.41, 5.74) is 4.10. The average Bonchev–Trinajstić information content (AvgIpc) is 3.02. The summed E-state index contributed by atoms with van der Waals surface area (Å²) >= 11 is 0. The molecular formula is C18H14BN3O2. The van der Waals surface area contributed by atoms with E-state index in [9.17, 15) is 10.0 Å². The van der Waals surface area contributed by atoms with Crippen LogP contribution >= 0.6 is 0 Å². The molecule has 0 saturated carbocycles. The molecule has 0 saturated heterocycles. The van der Waals surface area contributed by atoms with Crippen LogP contribution in [0.15, 0.2) is 73.1 Å². The second-order valence-corrected chi connectivity index (χ2v) is 5.47. The lowest BCUT2D eigenvalue weighted by Crippen LogP contribution is -2.29. The Kier molecular flexibility index (Phi) is 3.61. The first kappa shape index (κ1) is 14.6. The van der Waals surface area contributed by atoms with Crippen molar-refractivity contribution in [3.63, 3.8) is 0 Å². The van der Waals surface area contributed by atoms with E-state index in [-0.39, 0.29) is 0 Å². The minimum atomic E-state index is -1.48. The minimum Gasteiger partial charge on any atom is -0.423 e. The van der Waals surface area contributed by atoms with Crippen molar-refractivity contribution in [2.24, 2.45) is 0 Å². The second-order valence-electron chi connectivity index (χ2n) is 5.47. The highest BCUT2D eigenvalue weighted by atomic mass is 16.4. The Bertz CT molecular complexity index is 982. The third-order valence-corrected chi connectivity index (χ3v) is 3.94. The summed E-state index contributed by atoms with van der Waals surface area (Å²) < 4.78 is 2.04. The van der Waals surface area contributed by atoms with E-state index in [1.165, 1.54) is 0 Å². The Labute approximate surface area is 139 Å². The lowest BCUT2D eigenvalue weighted by atomic mass is 9.80. The van der Waals surface area contributed by atoms with Gasteiger partial charge in [-0.3, -0.25) is 9.55 Å². The van der Waals surface area contributed by atoms with E-state index in [1.54, 1.807) is 24.5 Å². The van der Waals surface area contributed by atoms with Gasteiger partial charge in [-0.15, -0.1) is 0 Å². The van der Waals surface area contributed by atoms with Crippen LogP contribution in [-0.2, 0) is 0 Å². The first-order valence-electron chi connectivity index (χ1n) is 7.58. The van der Waals surface area contributed by atoms with Crippen LogP contribution in [0.5, 0.6) is 0 Å². The maximum Gasteiger partial charge on any atom is 0.488 e. The van der Waals surface area contributed by atoms with Gasteiger partial charge in [0.25, 0.3) is 0 Å². The summed E-state index contributed by atoms with van der Waals surface area (Å²) in [5, 5.41) is 18.6. The summed E-state index contributed by atoms with van der Waals surface area (Å²) in [4.78, 5) is 8.87. The number of hydrogen-bond donors (Lipinski definition) is 2. The molecule has 2 heterocycles. The quantitative estimate of drug-likeness (QED) is 0.565. The topological polar surface area (TPSA) is 71.2 Å². The van der Waals surface area contributed by atoms with Crippen molar-refractivity contribution in [2.45, 2.75) is 0 Å². The van der Waals surface area contributed by atoms with Crippen molar-refractivity contribution in [3.8, 4) is 17.1 Å². The third kappa shape index (κ3) is 2.48. The maximum absolute atomic E-state index is 9.28. The largest absolute Gasteiger partial charge is 0.488 e. The van der Waals surface area contributed by atoms with Gasteiger partial charge < -0.3 is 10.0 Å². The summed E-state index contributed by atoms with van der Waals surface area (Å²) in [7, 11) is -1.48. The average molecular weight is 315 g/mol. The molecule has 6 heteroatoms. The lowest BCUT2D eigenvalue weighted by Gasteiger charge is -2.10. The number of imidazole rings is 1. The molecule has 0 spiro atoms. The van der Waals surface area contributed by atoms with E-state index in [1.807, 2.05) is 53.1 Å². The Hall–Kier alpha value is -2.96. The molecule has 2 N–H and O–H groups in total. The van der Waals surface area contributed by atoms with Crippen LogP contribution in [0, 0.1) is 0 Å². The second kappa shape index (κ2) is 5.92. The van der Waals surface area contributed by atoms with Crippen LogP contribution in [0.1, 0.15) is 0 Å². The third-order valence-electron chi connectivity index (χ3n) is 3.94. The summed E-state index contributed by atoms with van der Waals surface area (Å²) in [6.45, 7) is 0. The number of fused-ring (bicyclic) bond motifs is 1. The highest BCUT2D eigenvalue weighted by Gasteiger charge is 2.15. The maximum atomic E-state index is 9.28. The Morgan fingerprint density at radius 2 is 1.62 bits per heavy atom. The first-order chi connectivity index (χ1) is 11.7. The normalized spacial score (nSPS) is 10.9. The fourth-order valence-corrected chi connectivity index (χ4v) is 2.77. The summed E-state index contributed by atoms with van der Waals surface area (Å²) in [6.07, 6.45) is 3.48. The van der Waals surface area contributed by atoms with Crippen molar-refractivity contribution in [2.75, 3.05) is 0 Å². The van der Waals surface area contributed by atoms with Crippen molar-refractivity contribution in [1.82, 2.24) is 14.5 Å². The molecule has 0 aliphatic carbocycles. The number of pyridine rings is 1. The zero-order valence-corrected chi connectivity index (χ0v) is 12.7. The summed E-state index contributed by atoms with van der Waals surface area (Å²) in [6, 6.07) is 19.0.